The standard InChI is InChI=1S/C17H22FNO/c1-3-20-17-7-6-14(10-16(17)18)19-11(2)15-9-12-4-5-13(15)8-12/h4-7,10-13,15,19H,3,8-9H2,1-2H3. The fourth-order valence-corrected chi connectivity index (χ4v) is 3.63. The highest BCUT2D eigenvalue weighted by Crippen LogP contribution is 2.45. The van der Waals surface area contributed by atoms with Crippen molar-refractivity contribution in [3.05, 3.63) is 36.2 Å². The molecule has 1 aromatic carbocycles. The molecule has 0 saturated heterocycles. The Kier molecular flexibility index (Phi) is 3.68. The molecule has 3 heteroatoms. The number of anilines is 1. The number of fused-ring (bicyclic) bond motifs is 2. The third kappa shape index (κ3) is 2.54. The van der Waals surface area contributed by atoms with Crippen LogP contribution in [0.2, 0.25) is 0 Å². The van der Waals surface area contributed by atoms with E-state index in [0.717, 1.165) is 11.6 Å². The lowest BCUT2D eigenvalue weighted by atomic mass is 9.87. The Balaban J connectivity index is 1.65. The molecule has 0 heterocycles. The van der Waals surface area contributed by atoms with Crippen LogP contribution in [0.25, 0.3) is 0 Å². The second kappa shape index (κ2) is 5.47. The summed E-state index contributed by atoms with van der Waals surface area (Å²) in [6.07, 6.45) is 7.27. The highest BCUT2D eigenvalue weighted by molar-refractivity contribution is 5.48. The first kappa shape index (κ1) is 13.5. The Bertz CT molecular complexity index is 514. The second-order valence-corrected chi connectivity index (χ2v) is 5.96. The van der Waals surface area contributed by atoms with Gasteiger partial charge < -0.3 is 10.1 Å². The molecule has 4 atom stereocenters. The lowest BCUT2D eigenvalue weighted by Gasteiger charge is -2.27. The van der Waals surface area contributed by atoms with E-state index < -0.39 is 0 Å². The second-order valence-electron chi connectivity index (χ2n) is 5.96. The first-order chi connectivity index (χ1) is 9.67. The maximum absolute atomic E-state index is 13.8. The molecule has 2 aliphatic carbocycles. The minimum atomic E-state index is -0.295. The van der Waals surface area contributed by atoms with Crippen molar-refractivity contribution in [3.8, 4) is 5.75 Å². The molecule has 1 fully saturated rings. The van der Waals surface area contributed by atoms with Crippen molar-refractivity contribution in [3.63, 3.8) is 0 Å². The van der Waals surface area contributed by atoms with E-state index in [9.17, 15) is 4.39 Å². The van der Waals surface area contributed by atoms with Crippen molar-refractivity contribution in [2.75, 3.05) is 11.9 Å². The fourth-order valence-electron chi connectivity index (χ4n) is 3.63. The highest BCUT2D eigenvalue weighted by atomic mass is 19.1. The molecule has 3 rings (SSSR count). The van der Waals surface area contributed by atoms with E-state index >= 15 is 0 Å². The molecule has 2 aliphatic rings. The zero-order valence-electron chi connectivity index (χ0n) is 12.1. The number of hydrogen-bond donors (Lipinski definition) is 1. The minimum Gasteiger partial charge on any atom is -0.491 e. The van der Waals surface area contributed by atoms with Gasteiger partial charge in [0.05, 0.1) is 6.61 Å². The molecule has 1 saturated carbocycles. The van der Waals surface area contributed by atoms with Gasteiger partial charge in [0, 0.05) is 17.8 Å². The summed E-state index contributed by atoms with van der Waals surface area (Å²) < 4.78 is 19.1. The number of nitrogens with one attached hydrogen (secondary N) is 1. The molecule has 0 aromatic heterocycles. The number of ether oxygens (including phenoxy) is 1. The van der Waals surface area contributed by atoms with Gasteiger partial charge in [-0.25, -0.2) is 4.39 Å². The lowest BCUT2D eigenvalue weighted by molar-refractivity contribution is 0.321. The van der Waals surface area contributed by atoms with Gasteiger partial charge in [0.15, 0.2) is 11.6 Å². The van der Waals surface area contributed by atoms with Crippen molar-refractivity contribution in [2.24, 2.45) is 17.8 Å². The smallest absolute Gasteiger partial charge is 0.167 e. The van der Waals surface area contributed by atoms with Gasteiger partial charge in [-0.3, -0.25) is 0 Å². The van der Waals surface area contributed by atoms with Crippen molar-refractivity contribution in [2.45, 2.75) is 32.7 Å². The molecule has 4 unspecified atom stereocenters. The van der Waals surface area contributed by atoms with Crippen LogP contribution in [0.4, 0.5) is 10.1 Å². The Labute approximate surface area is 120 Å². The van der Waals surface area contributed by atoms with Crippen LogP contribution in [0.15, 0.2) is 30.4 Å². The summed E-state index contributed by atoms with van der Waals surface area (Å²) in [5.41, 5.74) is 0.838. The van der Waals surface area contributed by atoms with Crippen LogP contribution in [-0.4, -0.2) is 12.6 Å². The topological polar surface area (TPSA) is 21.3 Å². The molecule has 0 radical (unpaired) electrons. The van der Waals surface area contributed by atoms with Crippen molar-refractivity contribution < 1.29 is 9.13 Å². The molecular weight excluding hydrogens is 253 g/mol. The highest BCUT2D eigenvalue weighted by Gasteiger charge is 2.38. The van der Waals surface area contributed by atoms with Gasteiger partial charge in [-0.2, -0.15) is 0 Å². The number of halogens is 1. The normalized spacial score (nSPS) is 28.6. The molecule has 2 nitrogen and oxygen atoms in total. The summed E-state index contributed by atoms with van der Waals surface area (Å²) in [5, 5.41) is 3.45. The van der Waals surface area contributed by atoms with Crippen LogP contribution in [-0.2, 0) is 0 Å². The third-order valence-electron chi connectivity index (χ3n) is 4.60. The molecule has 108 valence electrons. The van der Waals surface area contributed by atoms with Gasteiger partial charge in [0.25, 0.3) is 0 Å². The number of allylic oxidation sites excluding steroid dienone is 2. The Hall–Kier alpha value is -1.51. The summed E-state index contributed by atoms with van der Waals surface area (Å²) in [6, 6.07) is 5.50. The monoisotopic (exact) mass is 275 g/mol. The van der Waals surface area contributed by atoms with Crippen LogP contribution in [0.3, 0.4) is 0 Å². The number of rotatable bonds is 5. The molecule has 0 amide bonds. The van der Waals surface area contributed by atoms with Gasteiger partial charge in [0.1, 0.15) is 0 Å². The SMILES string of the molecule is CCOc1ccc(NC(C)C2CC3C=CC2C3)cc1F. The first-order valence-corrected chi connectivity index (χ1v) is 7.54. The molecule has 0 aliphatic heterocycles. The Morgan fingerprint density at radius 2 is 2.20 bits per heavy atom. The van der Waals surface area contributed by atoms with Gasteiger partial charge >= 0.3 is 0 Å². The van der Waals surface area contributed by atoms with E-state index in [1.807, 2.05) is 13.0 Å². The predicted molar refractivity (Wildman–Crippen MR) is 79.5 cm³/mol. The van der Waals surface area contributed by atoms with E-state index in [1.165, 1.54) is 18.9 Å². The summed E-state index contributed by atoms with van der Waals surface area (Å²) in [5.74, 6) is 2.17. The zero-order valence-corrected chi connectivity index (χ0v) is 12.1. The van der Waals surface area contributed by atoms with Crippen molar-refractivity contribution in [1.82, 2.24) is 0 Å². The summed E-state index contributed by atoms with van der Waals surface area (Å²) in [4.78, 5) is 0. The Morgan fingerprint density at radius 3 is 2.80 bits per heavy atom. The quantitative estimate of drug-likeness (QED) is 0.812. The summed E-state index contributed by atoms with van der Waals surface area (Å²) >= 11 is 0. The van der Waals surface area contributed by atoms with E-state index in [1.54, 1.807) is 6.07 Å². The fraction of sp³-hybridized carbons (Fsp3) is 0.529. The maximum Gasteiger partial charge on any atom is 0.167 e. The van der Waals surface area contributed by atoms with Crippen molar-refractivity contribution >= 4 is 5.69 Å². The van der Waals surface area contributed by atoms with Crippen LogP contribution in [0.1, 0.15) is 26.7 Å². The summed E-state index contributed by atoms with van der Waals surface area (Å²) in [7, 11) is 0. The van der Waals surface area contributed by atoms with Crippen LogP contribution >= 0.6 is 0 Å². The minimum absolute atomic E-state index is 0.295. The van der Waals surface area contributed by atoms with Gasteiger partial charge in [-0.15, -0.1) is 0 Å². The zero-order chi connectivity index (χ0) is 14.1. The van der Waals surface area contributed by atoms with Gasteiger partial charge in [0.2, 0.25) is 0 Å². The van der Waals surface area contributed by atoms with E-state index in [4.69, 9.17) is 4.74 Å². The Morgan fingerprint density at radius 1 is 1.35 bits per heavy atom. The predicted octanol–water partition coefficient (Wildman–Crippen LogP) is 4.24. The molecular formula is C17H22FNO. The third-order valence-corrected chi connectivity index (χ3v) is 4.60. The molecule has 0 spiro atoms. The molecule has 2 bridgehead atoms. The lowest BCUT2D eigenvalue weighted by Crippen LogP contribution is -2.28. The largest absolute Gasteiger partial charge is 0.491 e. The summed E-state index contributed by atoms with van der Waals surface area (Å²) in [6.45, 7) is 4.54. The van der Waals surface area contributed by atoms with Crippen LogP contribution in [0, 0.1) is 23.6 Å². The average Bonchev–Trinajstić information content (AvgIpc) is 3.04. The maximum atomic E-state index is 13.8. The van der Waals surface area contributed by atoms with Gasteiger partial charge in [-0.1, -0.05) is 12.2 Å². The number of hydrogen-bond acceptors (Lipinski definition) is 2. The molecule has 1 aromatic rings. The van der Waals surface area contributed by atoms with E-state index in [0.29, 0.717) is 30.2 Å². The first-order valence-electron chi connectivity index (χ1n) is 7.54. The number of benzene rings is 1. The molecule has 1 N–H and O–H groups in total. The van der Waals surface area contributed by atoms with E-state index in [2.05, 4.69) is 24.4 Å². The van der Waals surface area contributed by atoms with Crippen LogP contribution < -0.4 is 10.1 Å². The van der Waals surface area contributed by atoms with Gasteiger partial charge in [-0.05, 0) is 56.6 Å². The average molecular weight is 275 g/mol. The van der Waals surface area contributed by atoms with E-state index in [-0.39, 0.29) is 5.82 Å². The van der Waals surface area contributed by atoms with Crippen molar-refractivity contribution in [1.29, 1.82) is 0 Å². The van der Waals surface area contributed by atoms with Crippen LogP contribution in [0.5, 0.6) is 5.75 Å². The molecule has 20 heavy (non-hydrogen) atoms.